The van der Waals surface area contributed by atoms with Gasteiger partial charge in [0.15, 0.2) is 6.04 Å². The summed E-state index contributed by atoms with van der Waals surface area (Å²) in [6.45, 7) is 0.896. The van der Waals surface area contributed by atoms with Crippen LogP contribution in [-0.4, -0.2) is 30.5 Å². The molecule has 0 bridgehead atoms. The van der Waals surface area contributed by atoms with Gasteiger partial charge in [-0.2, -0.15) is 12.2 Å². The van der Waals surface area contributed by atoms with Crippen molar-refractivity contribution in [3.05, 3.63) is 75.4 Å². The molecule has 0 aliphatic heterocycles. The van der Waals surface area contributed by atoms with E-state index in [-0.39, 0.29) is 11.0 Å². The van der Waals surface area contributed by atoms with Crippen LogP contribution in [0.1, 0.15) is 0 Å². The van der Waals surface area contributed by atoms with Crippen LogP contribution in [0.25, 0.3) is 0 Å². The summed E-state index contributed by atoms with van der Waals surface area (Å²) in [7, 11) is 4.05. The van der Waals surface area contributed by atoms with E-state index < -0.39 is 0 Å². The summed E-state index contributed by atoms with van der Waals surface area (Å²) in [5.74, 6) is 0. The molecule has 0 radical (unpaired) electrons. The number of nitro groups is 1. The van der Waals surface area contributed by atoms with Crippen molar-refractivity contribution >= 4 is 0 Å². The number of likely N-dealkylation sites (N-methyl/N-ethyl adjacent to an activating group) is 1. The second-order valence-corrected chi connectivity index (χ2v) is 4.55. The first-order valence-electron chi connectivity index (χ1n) is 5.71. The zero-order valence-electron chi connectivity index (χ0n) is 10.5. The van der Waals surface area contributed by atoms with E-state index in [1.165, 1.54) is 17.7 Å². The van der Waals surface area contributed by atoms with E-state index in [9.17, 15) is 10.1 Å². The predicted molar refractivity (Wildman–Crippen MR) is 71.3 cm³/mol. The largest absolute Gasteiger partial charge is 0.305 e. The first-order chi connectivity index (χ1) is 8.56. The van der Waals surface area contributed by atoms with Crippen molar-refractivity contribution < 1.29 is 4.92 Å². The standard InChI is InChI=1S/C14H15N2O2/c1-15(2)10-11-3-4-13(9-11)12-5-7-14(8-6-12)16(17)18/h3-9H,10H2,1-2H3/q-1. The summed E-state index contributed by atoms with van der Waals surface area (Å²) in [6, 6.07) is 0.124. The average Bonchev–Trinajstić information content (AvgIpc) is 2.76. The summed E-state index contributed by atoms with van der Waals surface area (Å²) >= 11 is 0. The van der Waals surface area contributed by atoms with Gasteiger partial charge in [0.05, 0.1) is 0 Å². The fourth-order valence-electron chi connectivity index (χ4n) is 1.91. The van der Waals surface area contributed by atoms with Gasteiger partial charge in [0.2, 0.25) is 0 Å². The molecule has 0 heterocycles. The van der Waals surface area contributed by atoms with Crippen LogP contribution >= 0.6 is 0 Å². The topological polar surface area (TPSA) is 46.4 Å². The smallest absolute Gasteiger partial charge is 0.163 e. The summed E-state index contributed by atoms with van der Waals surface area (Å²) in [5.41, 5.74) is 3.35. The van der Waals surface area contributed by atoms with Gasteiger partial charge in [-0.05, 0) is 25.2 Å². The Bertz CT molecular complexity index is 492. The van der Waals surface area contributed by atoms with Crippen LogP contribution < -0.4 is 0 Å². The first kappa shape index (κ1) is 12.4. The van der Waals surface area contributed by atoms with E-state index >= 15 is 0 Å². The number of hydrogen-bond donors (Lipinski definition) is 0. The minimum Gasteiger partial charge on any atom is -0.305 e. The van der Waals surface area contributed by atoms with Crippen LogP contribution in [0, 0.1) is 16.2 Å². The molecule has 0 saturated heterocycles. The van der Waals surface area contributed by atoms with Crippen LogP contribution in [0.2, 0.25) is 0 Å². The van der Waals surface area contributed by atoms with E-state index in [4.69, 9.17) is 0 Å². The van der Waals surface area contributed by atoms with Crippen molar-refractivity contribution in [3.8, 4) is 0 Å². The molecule has 2 aliphatic carbocycles. The molecule has 0 aromatic heterocycles. The van der Waals surface area contributed by atoms with Crippen molar-refractivity contribution in [1.29, 1.82) is 0 Å². The maximum absolute atomic E-state index is 10.6. The molecule has 0 amide bonds. The lowest BCUT2D eigenvalue weighted by molar-refractivity contribution is -0.448. The minimum atomic E-state index is -0.383. The van der Waals surface area contributed by atoms with E-state index in [0.29, 0.717) is 0 Å². The molecule has 0 aromatic carbocycles. The molecule has 4 heteroatoms. The number of nitrogens with zero attached hydrogens (tertiary/aromatic N) is 2. The third-order valence-corrected chi connectivity index (χ3v) is 2.73. The highest BCUT2D eigenvalue weighted by atomic mass is 16.6. The van der Waals surface area contributed by atoms with Gasteiger partial charge in [0, 0.05) is 11.5 Å². The van der Waals surface area contributed by atoms with Crippen molar-refractivity contribution in [2.75, 3.05) is 20.6 Å². The molecule has 0 aromatic rings. The maximum atomic E-state index is 10.6. The zero-order valence-corrected chi connectivity index (χ0v) is 10.5. The Morgan fingerprint density at radius 3 is 2.39 bits per heavy atom. The lowest BCUT2D eigenvalue weighted by Gasteiger charge is -2.14. The number of hydrogen-bond acceptors (Lipinski definition) is 3. The molecule has 4 nitrogen and oxygen atoms in total. The van der Waals surface area contributed by atoms with E-state index in [1.807, 2.05) is 20.2 Å². The van der Waals surface area contributed by atoms with Crippen LogP contribution in [0.5, 0.6) is 0 Å². The molecule has 0 unspecified atom stereocenters. The molecular formula is C14H15N2O2-. The van der Waals surface area contributed by atoms with Crippen molar-refractivity contribution in [3.63, 3.8) is 0 Å². The SMILES string of the molecule is CN(C)CC1=CC(=C2C=C[C-]([N+](=O)[O-])C=C2)C=C1. The molecule has 2 aliphatic rings. The van der Waals surface area contributed by atoms with Crippen molar-refractivity contribution in [1.82, 2.24) is 4.90 Å². The molecule has 0 N–H and O–H groups in total. The Balaban J connectivity index is 2.15. The van der Waals surface area contributed by atoms with Gasteiger partial charge >= 0.3 is 0 Å². The Morgan fingerprint density at radius 2 is 1.83 bits per heavy atom. The van der Waals surface area contributed by atoms with Crippen LogP contribution in [0.3, 0.4) is 0 Å². The van der Waals surface area contributed by atoms with Crippen LogP contribution in [-0.2, 0) is 0 Å². The monoisotopic (exact) mass is 243 g/mol. The summed E-state index contributed by atoms with van der Waals surface area (Å²) < 4.78 is 0. The van der Waals surface area contributed by atoms with Gasteiger partial charge in [0.1, 0.15) is 0 Å². The Hall–Kier alpha value is -2.07. The summed E-state index contributed by atoms with van der Waals surface area (Å²) in [6.07, 6.45) is 12.9. The third-order valence-electron chi connectivity index (χ3n) is 2.73. The average molecular weight is 243 g/mol. The summed E-state index contributed by atoms with van der Waals surface area (Å²) in [5, 5.41) is 10.6. The van der Waals surface area contributed by atoms with Crippen LogP contribution in [0.4, 0.5) is 0 Å². The highest BCUT2D eigenvalue weighted by molar-refractivity contribution is 5.56. The molecule has 0 spiro atoms. The quantitative estimate of drug-likeness (QED) is 0.434. The molecule has 0 saturated carbocycles. The lowest BCUT2D eigenvalue weighted by atomic mass is 10.0. The fraction of sp³-hybridized carbons (Fsp3) is 0.214. The maximum Gasteiger partial charge on any atom is 0.163 e. The van der Waals surface area contributed by atoms with Gasteiger partial charge in [-0.25, -0.2) is 0 Å². The van der Waals surface area contributed by atoms with Gasteiger partial charge in [0.25, 0.3) is 0 Å². The van der Waals surface area contributed by atoms with E-state index in [2.05, 4.69) is 17.1 Å². The molecule has 18 heavy (non-hydrogen) atoms. The van der Waals surface area contributed by atoms with E-state index in [1.54, 1.807) is 12.2 Å². The first-order valence-corrected chi connectivity index (χ1v) is 5.71. The van der Waals surface area contributed by atoms with E-state index in [0.717, 1.165) is 17.7 Å². The lowest BCUT2D eigenvalue weighted by Crippen LogP contribution is -2.13. The molecule has 0 atom stereocenters. The van der Waals surface area contributed by atoms with Gasteiger partial charge in [-0.15, -0.1) is 5.57 Å². The molecule has 0 fully saturated rings. The Morgan fingerprint density at radius 1 is 1.17 bits per heavy atom. The highest BCUT2D eigenvalue weighted by Crippen LogP contribution is 2.24. The summed E-state index contributed by atoms with van der Waals surface area (Å²) in [4.78, 5) is 12.3. The molecular weight excluding hydrogens is 228 g/mol. The second-order valence-electron chi connectivity index (χ2n) is 4.55. The molecule has 2 rings (SSSR count). The second kappa shape index (κ2) is 5.06. The van der Waals surface area contributed by atoms with Gasteiger partial charge < -0.3 is 4.90 Å². The third kappa shape index (κ3) is 2.78. The predicted octanol–water partition coefficient (Wildman–Crippen LogP) is 2.28. The minimum absolute atomic E-state index is 0.124. The van der Waals surface area contributed by atoms with Gasteiger partial charge in [-0.3, -0.25) is 10.1 Å². The number of rotatable bonds is 3. The Labute approximate surface area is 106 Å². The van der Waals surface area contributed by atoms with Crippen molar-refractivity contribution in [2.24, 2.45) is 0 Å². The number of allylic oxidation sites excluding steroid dienone is 6. The zero-order chi connectivity index (χ0) is 13.1. The molecule has 94 valence electrons. The van der Waals surface area contributed by atoms with Crippen molar-refractivity contribution in [2.45, 2.75) is 0 Å². The van der Waals surface area contributed by atoms with Crippen LogP contribution in [0.15, 0.2) is 59.3 Å². The van der Waals surface area contributed by atoms with Gasteiger partial charge in [-0.1, -0.05) is 30.4 Å². The normalized spacial score (nSPS) is 17.9. The Kier molecular flexibility index (Phi) is 3.48. The fourth-order valence-corrected chi connectivity index (χ4v) is 1.91. The highest BCUT2D eigenvalue weighted by Gasteiger charge is 2.09.